The van der Waals surface area contributed by atoms with Crippen LogP contribution in [0.25, 0.3) is 0 Å². The van der Waals surface area contributed by atoms with Crippen LogP contribution in [0.1, 0.15) is 147 Å². The van der Waals surface area contributed by atoms with E-state index >= 15 is 0 Å². The minimum atomic E-state index is -2.23. The van der Waals surface area contributed by atoms with Gasteiger partial charge in [0, 0.05) is 12.4 Å². The standard InChI is InChI=1S/C42H72N2O4Si2.Cu/c1-27(2)49(28(3)4,29(5)6)47-35-21-33(39(45)37(23-35)41(13,14)15)25-43-19-20-44-26-34-22-36(24-38(40(34)46)42(16,17)18)48-50(30(7)8,31(9)10)32(11)12;/h21-32,45-46H,19-20H2,1-18H3;/q;+2/p-2. The van der Waals surface area contributed by atoms with Crippen LogP contribution in [0.15, 0.2) is 34.3 Å². The number of benzene rings is 2. The van der Waals surface area contributed by atoms with Crippen LogP contribution in [-0.2, 0) is 27.9 Å². The van der Waals surface area contributed by atoms with Crippen molar-refractivity contribution < 1.29 is 36.1 Å². The van der Waals surface area contributed by atoms with Gasteiger partial charge in [-0.3, -0.25) is 9.98 Å². The quantitative estimate of drug-likeness (QED) is 0.102. The number of hydrogen-bond acceptors (Lipinski definition) is 6. The molecule has 0 amide bonds. The smallest absolute Gasteiger partial charge is 0.872 e. The first-order valence-electron chi connectivity index (χ1n) is 18.9. The van der Waals surface area contributed by atoms with Crippen LogP contribution in [0.5, 0.6) is 23.0 Å². The van der Waals surface area contributed by atoms with Gasteiger partial charge >= 0.3 is 17.1 Å². The Morgan fingerprint density at radius 2 is 0.784 bits per heavy atom. The van der Waals surface area contributed by atoms with Crippen molar-refractivity contribution in [2.75, 3.05) is 13.1 Å². The molecule has 291 valence electrons. The molecule has 2 aromatic rings. The first-order valence-corrected chi connectivity index (χ1v) is 23.2. The second-order valence-electron chi connectivity index (χ2n) is 18.2. The Balaban J connectivity index is 0.0000130. The van der Waals surface area contributed by atoms with Crippen molar-refractivity contribution in [2.24, 2.45) is 9.98 Å². The van der Waals surface area contributed by atoms with Crippen LogP contribution < -0.4 is 19.1 Å². The van der Waals surface area contributed by atoms with Crippen LogP contribution in [0, 0.1) is 0 Å². The molecule has 0 N–H and O–H groups in total. The average Bonchev–Trinajstić information content (AvgIpc) is 2.96. The number of rotatable bonds is 15. The molecule has 2 rings (SSSR count). The van der Waals surface area contributed by atoms with Crippen LogP contribution in [-0.4, -0.2) is 42.2 Å². The van der Waals surface area contributed by atoms with E-state index in [2.05, 4.69) is 135 Å². The van der Waals surface area contributed by atoms with E-state index in [1.807, 2.05) is 24.3 Å². The van der Waals surface area contributed by atoms with E-state index in [0.717, 1.165) is 22.6 Å². The molecule has 2 aromatic carbocycles. The normalized spacial score (nSPS) is 13.6. The van der Waals surface area contributed by atoms with Crippen LogP contribution in [0.4, 0.5) is 0 Å². The minimum Gasteiger partial charge on any atom is -0.872 e. The van der Waals surface area contributed by atoms with Crippen molar-refractivity contribution in [1.29, 1.82) is 0 Å². The molecule has 0 fully saturated rings. The van der Waals surface area contributed by atoms with E-state index in [1.165, 1.54) is 0 Å². The van der Waals surface area contributed by atoms with Crippen molar-refractivity contribution in [1.82, 2.24) is 0 Å². The maximum absolute atomic E-state index is 13.6. The van der Waals surface area contributed by atoms with Gasteiger partial charge in [0.15, 0.2) is 0 Å². The van der Waals surface area contributed by atoms with E-state index < -0.39 is 16.6 Å². The predicted molar refractivity (Wildman–Crippen MR) is 217 cm³/mol. The molecule has 1 radical (unpaired) electrons. The zero-order valence-electron chi connectivity index (χ0n) is 35.2. The summed E-state index contributed by atoms with van der Waals surface area (Å²) in [5.41, 5.74) is 4.30. The third-order valence-electron chi connectivity index (χ3n) is 10.6. The molecule has 0 aliphatic carbocycles. The van der Waals surface area contributed by atoms with Gasteiger partial charge in [-0.15, -0.1) is 0 Å². The van der Waals surface area contributed by atoms with Crippen LogP contribution >= 0.6 is 0 Å². The molecule has 0 unspecified atom stereocenters. The Morgan fingerprint density at radius 1 is 0.529 bits per heavy atom. The molecule has 0 aliphatic heterocycles. The molecule has 0 bridgehead atoms. The zero-order valence-corrected chi connectivity index (χ0v) is 38.1. The predicted octanol–water partition coefficient (Wildman–Crippen LogP) is 11.1. The Morgan fingerprint density at radius 3 is 1.00 bits per heavy atom. The number of aliphatic imine (C=N–C) groups is 2. The first-order chi connectivity index (χ1) is 22.8. The van der Waals surface area contributed by atoms with Crippen LogP contribution in [0.3, 0.4) is 0 Å². The van der Waals surface area contributed by atoms with Gasteiger partial charge < -0.3 is 19.1 Å². The summed E-state index contributed by atoms with van der Waals surface area (Å²) in [7, 11) is -4.45. The summed E-state index contributed by atoms with van der Waals surface area (Å²) in [6.07, 6.45) is 3.34. The summed E-state index contributed by atoms with van der Waals surface area (Å²) in [6, 6.07) is 7.66. The molecule has 6 nitrogen and oxygen atoms in total. The molecule has 0 saturated heterocycles. The summed E-state index contributed by atoms with van der Waals surface area (Å²) in [5, 5.41) is 27.3. The molecular formula is C42H70CuN2O4Si2. The minimum absolute atomic E-state index is 0. The molecule has 9 heteroatoms. The summed E-state index contributed by atoms with van der Waals surface area (Å²) in [4.78, 5) is 9.25. The Labute approximate surface area is 325 Å². The molecule has 0 atom stereocenters. The average molecular weight is 787 g/mol. The van der Waals surface area contributed by atoms with Gasteiger partial charge in [0.25, 0.3) is 16.6 Å². The van der Waals surface area contributed by atoms with Gasteiger partial charge in [-0.05, 0) is 90.6 Å². The topological polar surface area (TPSA) is 89.3 Å². The fourth-order valence-corrected chi connectivity index (χ4v) is 18.7. The van der Waals surface area contributed by atoms with E-state index in [-0.39, 0.29) is 39.4 Å². The van der Waals surface area contributed by atoms with Gasteiger partial charge in [-0.2, -0.15) is 0 Å². The Bertz CT molecular complexity index is 1330. The van der Waals surface area contributed by atoms with Gasteiger partial charge in [0.2, 0.25) is 0 Å². The number of nitrogens with zero attached hydrogens (tertiary/aromatic N) is 2. The van der Waals surface area contributed by atoms with Crippen molar-refractivity contribution in [3.63, 3.8) is 0 Å². The summed E-state index contributed by atoms with van der Waals surface area (Å²) in [5.74, 6) is 1.48. The summed E-state index contributed by atoms with van der Waals surface area (Å²) < 4.78 is 14.0. The monoisotopic (exact) mass is 785 g/mol. The molecule has 0 aliphatic rings. The first kappa shape index (κ1) is 47.0. The van der Waals surface area contributed by atoms with Gasteiger partial charge in [-0.25, -0.2) is 0 Å². The van der Waals surface area contributed by atoms with Crippen molar-refractivity contribution in [3.8, 4) is 23.0 Å². The zero-order chi connectivity index (χ0) is 38.6. The second kappa shape index (κ2) is 18.3. The van der Waals surface area contributed by atoms with Crippen molar-refractivity contribution in [3.05, 3.63) is 46.5 Å². The Hall–Kier alpha value is -2.07. The van der Waals surface area contributed by atoms with E-state index in [4.69, 9.17) is 8.85 Å². The maximum atomic E-state index is 13.6. The third-order valence-corrected chi connectivity index (χ3v) is 22.6. The van der Waals surface area contributed by atoms with Gasteiger partial charge in [0.1, 0.15) is 11.5 Å². The van der Waals surface area contributed by atoms with Crippen molar-refractivity contribution in [2.45, 2.75) is 169 Å². The molecule has 0 spiro atoms. The molecule has 51 heavy (non-hydrogen) atoms. The van der Waals surface area contributed by atoms with E-state index in [1.54, 1.807) is 12.4 Å². The third kappa shape index (κ3) is 10.8. The SMILES string of the molecule is CC(C)[Si](Oc1cc(C=NCCN=Cc2cc(O[Si](C(C)C)(C(C)C)C(C)C)cc(C(C)(C)C)c2[O-])c([O-])c(C(C)(C)C)c1)(C(C)C)C(C)C.[Cu+2]. The molecule has 0 heterocycles. The largest absolute Gasteiger partial charge is 2.00 e. The number of hydrogen-bond donors (Lipinski definition) is 0. The van der Waals surface area contributed by atoms with Gasteiger partial charge in [0.05, 0.1) is 13.1 Å². The van der Waals surface area contributed by atoms with Crippen LogP contribution in [0.2, 0.25) is 33.2 Å². The van der Waals surface area contributed by atoms with E-state index in [9.17, 15) is 10.2 Å². The fraction of sp³-hybridized carbons (Fsp3) is 0.667. The van der Waals surface area contributed by atoms with E-state index in [0.29, 0.717) is 57.5 Å². The van der Waals surface area contributed by atoms with Crippen molar-refractivity contribution >= 4 is 29.1 Å². The molecule has 0 saturated carbocycles. The summed E-state index contributed by atoms with van der Waals surface area (Å²) >= 11 is 0. The molecule has 0 aromatic heterocycles. The maximum Gasteiger partial charge on any atom is 2.00 e. The fourth-order valence-electron chi connectivity index (χ4n) is 8.23. The Kier molecular flexibility index (Phi) is 16.9. The molecular weight excluding hydrogens is 716 g/mol. The second-order valence-corrected chi connectivity index (χ2v) is 28.9. The van der Waals surface area contributed by atoms with Gasteiger partial charge in [-0.1, -0.05) is 136 Å². The summed E-state index contributed by atoms with van der Waals surface area (Å²) in [6.45, 7) is 40.3.